The fourth-order valence-corrected chi connectivity index (χ4v) is 5.24. The molecule has 0 saturated carbocycles. The maximum Gasteiger partial charge on any atom is 0.343 e. The lowest BCUT2D eigenvalue weighted by Crippen LogP contribution is -2.23. The number of ether oxygens (including phenoxy) is 4. The molecule has 0 aliphatic heterocycles. The second kappa shape index (κ2) is 22.5. The van der Waals surface area contributed by atoms with Crippen LogP contribution in [0.4, 0.5) is 0 Å². The van der Waals surface area contributed by atoms with E-state index < -0.39 is 18.2 Å². The van der Waals surface area contributed by atoms with Crippen LogP contribution in [0.5, 0.6) is 17.2 Å². The van der Waals surface area contributed by atoms with Crippen molar-refractivity contribution in [1.82, 2.24) is 0 Å². The van der Waals surface area contributed by atoms with Gasteiger partial charge in [0.15, 0.2) is 0 Å². The third-order valence-corrected chi connectivity index (χ3v) is 8.09. The zero-order valence-electron chi connectivity index (χ0n) is 28.6. The fraction of sp³-hybridized carbons (Fsp3) is 0.463. The summed E-state index contributed by atoms with van der Waals surface area (Å²) in [7, 11) is 0. The minimum atomic E-state index is -0.713. The van der Waals surface area contributed by atoms with Crippen molar-refractivity contribution in [3.63, 3.8) is 0 Å². The number of benzene rings is 3. The highest BCUT2D eigenvalue weighted by Crippen LogP contribution is 2.21. The van der Waals surface area contributed by atoms with Gasteiger partial charge >= 0.3 is 11.9 Å². The van der Waals surface area contributed by atoms with Crippen LogP contribution in [0.3, 0.4) is 0 Å². The summed E-state index contributed by atoms with van der Waals surface area (Å²) in [6.07, 6.45) is 17.1. The molecule has 0 fully saturated rings. The number of rotatable bonds is 24. The maximum atomic E-state index is 12.8. The summed E-state index contributed by atoms with van der Waals surface area (Å²) in [5, 5.41) is 0. The minimum Gasteiger partial charge on any atom is -0.494 e. The van der Waals surface area contributed by atoms with Gasteiger partial charge in [-0.1, -0.05) is 109 Å². The second-order valence-corrected chi connectivity index (χ2v) is 12.1. The van der Waals surface area contributed by atoms with Crippen molar-refractivity contribution in [3.05, 3.63) is 102 Å². The molecule has 1 unspecified atom stereocenters. The molecule has 0 N–H and O–H groups in total. The molecule has 0 aliphatic carbocycles. The SMILES string of the molecule is C=CC(=O)OC(CCCCCCCCCC)Oc1ccc(C(=O)Oc2ccc(CCc3ccc(OCCCCCC)cc3)cc2)cc1. The summed E-state index contributed by atoms with van der Waals surface area (Å²) in [5.41, 5.74) is 2.82. The number of esters is 2. The molecule has 0 amide bonds. The van der Waals surface area contributed by atoms with Gasteiger partial charge in [0.2, 0.25) is 6.29 Å². The number of aryl methyl sites for hydroxylation is 2. The van der Waals surface area contributed by atoms with Crippen LogP contribution in [0.25, 0.3) is 0 Å². The van der Waals surface area contributed by atoms with Gasteiger partial charge in [-0.05, 0) is 85.3 Å². The van der Waals surface area contributed by atoms with Crippen LogP contribution in [0.15, 0.2) is 85.5 Å². The molecule has 0 spiro atoms. The van der Waals surface area contributed by atoms with Crippen molar-refractivity contribution < 1.29 is 28.5 Å². The van der Waals surface area contributed by atoms with Crippen molar-refractivity contribution in [2.24, 2.45) is 0 Å². The van der Waals surface area contributed by atoms with Gasteiger partial charge in [-0.3, -0.25) is 0 Å². The molecule has 47 heavy (non-hydrogen) atoms. The van der Waals surface area contributed by atoms with Crippen LogP contribution in [0.1, 0.15) is 119 Å². The largest absolute Gasteiger partial charge is 0.494 e. The van der Waals surface area contributed by atoms with Gasteiger partial charge in [-0.25, -0.2) is 9.59 Å². The van der Waals surface area contributed by atoms with E-state index in [4.69, 9.17) is 18.9 Å². The molecule has 3 rings (SSSR count). The molecule has 0 heterocycles. The van der Waals surface area contributed by atoms with E-state index in [0.29, 0.717) is 23.5 Å². The number of carbonyl (C=O) groups is 2. The lowest BCUT2D eigenvalue weighted by Gasteiger charge is -2.19. The molecule has 3 aromatic rings. The first-order valence-electron chi connectivity index (χ1n) is 17.6. The monoisotopic (exact) mass is 642 g/mol. The highest BCUT2D eigenvalue weighted by molar-refractivity contribution is 5.91. The van der Waals surface area contributed by atoms with E-state index in [0.717, 1.165) is 57.0 Å². The number of hydrogen-bond donors (Lipinski definition) is 0. The molecule has 0 saturated heterocycles. The summed E-state index contributed by atoms with van der Waals surface area (Å²) in [6.45, 7) is 8.69. The normalized spacial score (nSPS) is 11.4. The summed E-state index contributed by atoms with van der Waals surface area (Å²) >= 11 is 0. The summed E-state index contributed by atoms with van der Waals surface area (Å²) in [6, 6.07) is 22.6. The Hall–Kier alpha value is -4.06. The fourth-order valence-electron chi connectivity index (χ4n) is 5.24. The average molecular weight is 643 g/mol. The lowest BCUT2D eigenvalue weighted by atomic mass is 10.0. The Morgan fingerprint density at radius 1 is 0.638 bits per heavy atom. The third-order valence-electron chi connectivity index (χ3n) is 8.09. The number of hydrogen-bond acceptors (Lipinski definition) is 6. The van der Waals surface area contributed by atoms with Crippen molar-refractivity contribution in [2.75, 3.05) is 6.61 Å². The van der Waals surface area contributed by atoms with Crippen LogP contribution in [0.2, 0.25) is 0 Å². The van der Waals surface area contributed by atoms with Crippen LogP contribution < -0.4 is 14.2 Å². The Kier molecular flexibility index (Phi) is 17.9. The highest BCUT2D eigenvalue weighted by Gasteiger charge is 2.16. The zero-order chi connectivity index (χ0) is 33.5. The van der Waals surface area contributed by atoms with Gasteiger partial charge in [-0.15, -0.1) is 0 Å². The molecule has 0 aliphatic rings. The van der Waals surface area contributed by atoms with Gasteiger partial charge in [-0.2, -0.15) is 0 Å². The first-order valence-corrected chi connectivity index (χ1v) is 17.6. The van der Waals surface area contributed by atoms with Crippen molar-refractivity contribution in [1.29, 1.82) is 0 Å². The highest BCUT2D eigenvalue weighted by atomic mass is 16.7. The Bertz CT molecular complexity index is 1300. The summed E-state index contributed by atoms with van der Waals surface area (Å²) in [4.78, 5) is 24.7. The van der Waals surface area contributed by atoms with E-state index in [1.807, 2.05) is 36.4 Å². The van der Waals surface area contributed by atoms with Gasteiger partial charge < -0.3 is 18.9 Å². The zero-order valence-corrected chi connectivity index (χ0v) is 28.6. The summed E-state index contributed by atoms with van der Waals surface area (Å²) in [5.74, 6) is 0.947. The smallest absolute Gasteiger partial charge is 0.343 e. The molecule has 1 atom stereocenters. The first kappa shape index (κ1) is 37.4. The van der Waals surface area contributed by atoms with Gasteiger partial charge in [0.1, 0.15) is 17.2 Å². The van der Waals surface area contributed by atoms with Gasteiger partial charge in [0.25, 0.3) is 0 Å². The molecule has 0 radical (unpaired) electrons. The Labute approximate surface area is 282 Å². The standard InChI is InChI=1S/C41H54O6/c1-4-7-9-11-12-13-14-15-17-40(47-39(42)6-3)45-37-30-24-35(25-31-37)41(43)46-38-28-22-34(23-29-38)19-18-33-20-26-36(27-21-33)44-32-16-10-8-5-2/h6,20-31,40H,3-5,7-19,32H2,1-2H3. The first-order chi connectivity index (χ1) is 23.0. The van der Waals surface area contributed by atoms with E-state index in [9.17, 15) is 9.59 Å². The van der Waals surface area contributed by atoms with Gasteiger partial charge in [0.05, 0.1) is 12.2 Å². The Morgan fingerprint density at radius 2 is 1.15 bits per heavy atom. The molecule has 254 valence electrons. The van der Waals surface area contributed by atoms with E-state index in [2.05, 4.69) is 32.6 Å². The van der Waals surface area contributed by atoms with Crippen LogP contribution in [0, 0.1) is 0 Å². The molecular formula is C41H54O6. The van der Waals surface area contributed by atoms with E-state index in [1.54, 1.807) is 24.3 Å². The predicted octanol–water partition coefficient (Wildman–Crippen LogP) is 10.6. The van der Waals surface area contributed by atoms with Crippen LogP contribution >= 0.6 is 0 Å². The Morgan fingerprint density at radius 3 is 1.72 bits per heavy atom. The van der Waals surface area contributed by atoms with Crippen LogP contribution in [-0.4, -0.2) is 24.8 Å². The predicted molar refractivity (Wildman–Crippen MR) is 189 cm³/mol. The van der Waals surface area contributed by atoms with E-state index >= 15 is 0 Å². The molecule has 6 nitrogen and oxygen atoms in total. The minimum absolute atomic E-state index is 0.400. The molecule has 0 aromatic heterocycles. The maximum absolute atomic E-state index is 12.8. The average Bonchev–Trinajstić information content (AvgIpc) is 3.09. The number of carbonyl (C=O) groups excluding carboxylic acids is 2. The molecular weight excluding hydrogens is 588 g/mol. The van der Waals surface area contributed by atoms with E-state index in [1.165, 1.54) is 62.5 Å². The molecule has 6 heteroatoms. The van der Waals surface area contributed by atoms with Crippen molar-refractivity contribution >= 4 is 11.9 Å². The van der Waals surface area contributed by atoms with Gasteiger partial charge in [0, 0.05) is 12.5 Å². The number of unbranched alkanes of at least 4 members (excludes halogenated alkanes) is 10. The lowest BCUT2D eigenvalue weighted by molar-refractivity contribution is -0.158. The molecule has 3 aromatic carbocycles. The van der Waals surface area contributed by atoms with Crippen molar-refractivity contribution in [3.8, 4) is 17.2 Å². The third kappa shape index (κ3) is 15.4. The second-order valence-electron chi connectivity index (χ2n) is 12.1. The topological polar surface area (TPSA) is 71.1 Å². The quantitative estimate of drug-likeness (QED) is 0.0318. The van der Waals surface area contributed by atoms with Crippen LogP contribution in [-0.2, 0) is 22.4 Å². The van der Waals surface area contributed by atoms with Crippen molar-refractivity contribution in [2.45, 2.75) is 116 Å². The molecule has 0 bridgehead atoms. The summed E-state index contributed by atoms with van der Waals surface area (Å²) < 4.78 is 22.8. The Balaban J connectivity index is 1.41. The van der Waals surface area contributed by atoms with E-state index in [-0.39, 0.29) is 0 Å².